The number of aliphatic hydroxyl groups is 1. The van der Waals surface area contributed by atoms with Crippen LogP contribution in [-0.2, 0) is 14.3 Å². The quantitative estimate of drug-likeness (QED) is 0.806. The first kappa shape index (κ1) is 18.7. The van der Waals surface area contributed by atoms with E-state index in [1.807, 2.05) is 27.7 Å². The van der Waals surface area contributed by atoms with Crippen molar-refractivity contribution < 1.29 is 24.2 Å². The van der Waals surface area contributed by atoms with Crippen LogP contribution < -0.4 is 0 Å². The van der Waals surface area contributed by atoms with Crippen molar-refractivity contribution in [2.75, 3.05) is 19.7 Å². The molecule has 1 saturated heterocycles. The minimum atomic E-state index is -1.11. The van der Waals surface area contributed by atoms with E-state index in [1.54, 1.807) is 11.8 Å². The van der Waals surface area contributed by atoms with Crippen LogP contribution in [0, 0.1) is 5.92 Å². The molecule has 0 aromatic heterocycles. The molecule has 0 spiro atoms. The molecule has 1 fully saturated rings. The molecule has 1 aliphatic heterocycles. The van der Waals surface area contributed by atoms with Crippen LogP contribution >= 0.6 is 0 Å². The average molecular weight is 315 g/mol. The largest absolute Gasteiger partial charge is 0.466 e. The number of nitrogens with zero attached hydrogens (tertiary/aromatic N) is 1. The molecule has 6 nitrogen and oxygen atoms in total. The van der Waals surface area contributed by atoms with Crippen molar-refractivity contribution in [3.8, 4) is 0 Å². The van der Waals surface area contributed by atoms with Crippen LogP contribution in [0.5, 0.6) is 0 Å². The second kappa shape index (κ2) is 7.31. The van der Waals surface area contributed by atoms with Gasteiger partial charge in [-0.1, -0.05) is 6.92 Å². The van der Waals surface area contributed by atoms with Crippen LogP contribution in [0.4, 0.5) is 4.79 Å². The predicted molar refractivity (Wildman–Crippen MR) is 82.4 cm³/mol. The second-order valence-corrected chi connectivity index (χ2v) is 6.87. The number of carbonyl (C=O) groups is 2. The minimum absolute atomic E-state index is 0.0263. The molecule has 22 heavy (non-hydrogen) atoms. The van der Waals surface area contributed by atoms with Gasteiger partial charge < -0.3 is 19.5 Å². The Balaban J connectivity index is 2.70. The minimum Gasteiger partial charge on any atom is -0.466 e. The SMILES string of the molecule is CCOC(=O)CC1(O)CCN(C(=O)OC(C)(C)C)CC1CC. The van der Waals surface area contributed by atoms with Crippen molar-refractivity contribution in [3.63, 3.8) is 0 Å². The fourth-order valence-electron chi connectivity index (χ4n) is 2.76. The Labute approximate surface area is 132 Å². The summed E-state index contributed by atoms with van der Waals surface area (Å²) in [5.74, 6) is -0.563. The maximum atomic E-state index is 12.1. The fraction of sp³-hybridized carbons (Fsp3) is 0.875. The van der Waals surface area contributed by atoms with Crippen molar-refractivity contribution in [3.05, 3.63) is 0 Å². The third-order valence-corrected chi connectivity index (χ3v) is 3.92. The molecule has 0 aliphatic carbocycles. The van der Waals surface area contributed by atoms with Gasteiger partial charge in [0.25, 0.3) is 0 Å². The molecule has 1 aliphatic rings. The normalized spacial score (nSPS) is 25.7. The van der Waals surface area contributed by atoms with Crippen molar-refractivity contribution in [1.29, 1.82) is 0 Å². The molecule has 0 aromatic carbocycles. The molecule has 0 bridgehead atoms. The van der Waals surface area contributed by atoms with Gasteiger partial charge in [-0.15, -0.1) is 0 Å². The molecule has 0 aromatic rings. The highest BCUT2D eigenvalue weighted by Crippen LogP contribution is 2.34. The smallest absolute Gasteiger partial charge is 0.410 e. The summed E-state index contributed by atoms with van der Waals surface area (Å²) in [5.41, 5.74) is -1.66. The van der Waals surface area contributed by atoms with E-state index in [0.29, 0.717) is 32.5 Å². The Morgan fingerprint density at radius 1 is 1.32 bits per heavy atom. The van der Waals surface area contributed by atoms with Gasteiger partial charge in [0.2, 0.25) is 0 Å². The first-order valence-electron chi connectivity index (χ1n) is 7.97. The third-order valence-electron chi connectivity index (χ3n) is 3.92. The molecule has 1 amide bonds. The molecule has 128 valence electrons. The van der Waals surface area contributed by atoms with Crippen LogP contribution in [0.25, 0.3) is 0 Å². The van der Waals surface area contributed by atoms with Crippen LogP contribution in [0.15, 0.2) is 0 Å². The van der Waals surface area contributed by atoms with E-state index in [-0.39, 0.29) is 18.4 Å². The van der Waals surface area contributed by atoms with E-state index in [9.17, 15) is 14.7 Å². The Hall–Kier alpha value is -1.30. The summed E-state index contributed by atoms with van der Waals surface area (Å²) in [4.78, 5) is 25.4. The number of amides is 1. The van der Waals surface area contributed by atoms with Gasteiger partial charge in [0.1, 0.15) is 5.60 Å². The van der Waals surface area contributed by atoms with E-state index < -0.39 is 17.2 Å². The Bertz CT molecular complexity index is 404. The zero-order valence-electron chi connectivity index (χ0n) is 14.3. The first-order valence-corrected chi connectivity index (χ1v) is 7.97. The lowest BCUT2D eigenvalue weighted by molar-refractivity contribution is -0.154. The number of rotatable bonds is 4. The van der Waals surface area contributed by atoms with Gasteiger partial charge in [-0.25, -0.2) is 4.79 Å². The van der Waals surface area contributed by atoms with Gasteiger partial charge in [0, 0.05) is 19.0 Å². The second-order valence-electron chi connectivity index (χ2n) is 6.87. The van der Waals surface area contributed by atoms with E-state index in [2.05, 4.69) is 0 Å². The van der Waals surface area contributed by atoms with Crippen LogP contribution in [0.1, 0.15) is 53.9 Å². The summed E-state index contributed by atoms with van der Waals surface area (Å²) in [6.45, 7) is 10.2. The molecule has 2 unspecified atom stereocenters. The third kappa shape index (κ3) is 5.16. The topological polar surface area (TPSA) is 76.1 Å². The van der Waals surface area contributed by atoms with Crippen molar-refractivity contribution in [2.24, 2.45) is 5.92 Å². The molecule has 0 saturated carbocycles. The van der Waals surface area contributed by atoms with Crippen LogP contribution in [0.3, 0.4) is 0 Å². The Morgan fingerprint density at radius 3 is 2.45 bits per heavy atom. The molecule has 0 radical (unpaired) electrons. The lowest BCUT2D eigenvalue weighted by Crippen LogP contribution is -2.54. The van der Waals surface area contributed by atoms with Gasteiger partial charge >= 0.3 is 12.1 Å². The van der Waals surface area contributed by atoms with Gasteiger partial charge in [-0.05, 0) is 40.5 Å². The van der Waals surface area contributed by atoms with Crippen molar-refractivity contribution >= 4 is 12.1 Å². The maximum absolute atomic E-state index is 12.1. The number of hydrogen-bond donors (Lipinski definition) is 1. The predicted octanol–water partition coefficient (Wildman–Crippen LogP) is 2.34. The molecule has 6 heteroatoms. The monoisotopic (exact) mass is 315 g/mol. The van der Waals surface area contributed by atoms with Crippen LogP contribution in [0.2, 0.25) is 0 Å². The molecule has 1 N–H and O–H groups in total. The lowest BCUT2D eigenvalue weighted by Gasteiger charge is -2.44. The maximum Gasteiger partial charge on any atom is 0.410 e. The van der Waals surface area contributed by atoms with Gasteiger partial charge in [0.15, 0.2) is 0 Å². The summed E-state index contributed by atoms with van der Waals surface area (Å²) in [6, 6.07) is 0. The van der Waals surface area contributed by atoms with Gasteiger partial charge in [-0.2, -0.15) is 0 Å². The number of esters is 1. The number of hydrogen-bond acceptors (Lipinski definition) is 5. The number of piperidine rings is 1. The molecule has 1 heterocycles. The van der Waals surface area contributed by atoms with E-state index in [1.165, 1.54) is 0 Å². The Morgan fingerprint density at radius 2 is 1.95 bits per heavy atom. The number of carbonyl (C=O) groups excluding carboxylic acids is 2. The van der Waals surface area contributed by atoms with E-state index >= 15 is 0 Å². The van der Waals surface area contributed by atoms with E-state index in [0.717, 1.165) is 0 Å². The standard InChI is InChI=1S/C16H29NO5/c1-6-12-11-17(14(19)22-15(3,4)5)9-8-16(12,20)10-13(18)21-7-2/h12,20H,6-11H2,1-5H3. The zero-order chi connectivity index (χ0) is 17.0. The first-order chi connectivity index (χ1) is 10.1. The highest BCUT2D eigenvalue weighted by Gasteiger charge is 2.44. The summed E-state index contributed by atoms with van der Waals surface area (Å²) in [6.07, 6.45) is 0.629. The highest BCUT2D eigenvalue weighted by atomic mass is 16.6. The number of ether oxygens (including phenoxy) is 2. The average Bonchev–Trinajstić information content (AvgIpc) is 2.36. The highest BCUT2D eigenvalue weighted by molar-refractivity contribution is 5.71. The van der Waals surface area contributed by atoms with Crippen LogP contribution in [-0.4, -0.2) is 53.0 Å². The summed E-state index contributed by atoms with van der Waals surface area (Å²) in [5, 5.41) is 10.8. The van der Waals surface area contributed by atoms with Crippen molar-refractivity contribution in [2.45, 2.75) is 65.1 Å². The number of likely N-dealkylation sites (tertiary alicyclic amines) is 1. The summed E-state index contributed by atoms with van der Waals surface area (Å²) >= 11 is 0. The molecular weight excluding hydrogens is 286 g/mol. The fourth-order valence-corrected chi connectivity index (χ4v) is 2.76. The van der Waals surface area contributed by atoms with E-state index in [4.69, 9.17) is 9.47 Å². The zero-order valence-corrected chi connectivity index (χ0v) is 14.3. The Kier molecular flexibility index (Phi) is 6.23. The van der Waals surface area contributed by atoms with Gasteiger partial charge in [-0.3, -0.25) is 4.79 Å². The lowest BCUT2D eigenvalue weighted by atomic mass is 9.77. The molecule has 1 rings (SSSR count). The molecule has 2 atom stereocenters. The molecular formula is C16H29NO5. The summed E-state index contributed by atoms with van der Waals surface area (Å²) < 4.78 is 10.3. The van der Waals surface area contributed by atoms with Crippen molar-refractivity contribution in [1.82, 2.24) is 4.90 Å². The summed E-state index contributed by atoms with van der Waals surface area (Å²) in [7, 11) is 0. The van der Waals surface area contributed by atoms with Gasteiger partial charge in [0.05, 0.1) is 18.6 Å².